The van der Waals surface area contributed by atoms with Crippen molar-refractivity contribution in [2.75, 3.05) is 0 Å². The van der Waals surface area contributed by atoms with Crippen molar-refractivity contribution in [3.8, 4) is 0 Å². The van der Waals surface area contributed by atoms with Crippen molar-refractivity contribution >= 4 is 0 Å². The maximum absolute atomic E-state index is 2.54. The van der Waals surface area contributed by atoms with Gasteiger partial charge in [-0.05, 0) is 116 Å². The molecular weight excluding hydrogens is 528 g/mol. The van der Waals surface area contributed by atoms with Crippen LogP contribution in [0.3, 0.4) is 0 Å². The second-order valence-corrected chi connectivity index (χ2v) is 16.0. The number of hydrogen-bond acceptors (Lipinski definition) is 0. The smallest absolute Gasteiger partial charge is 0.0133 e. The summed E-state index contributed by atoms with van der Waals surface area (Å²) in [4.78, 5) is 0. The van der Waals surface area contributed by atoms with Gasteiger partial charge in [0, 0.05) is 0 Å². The van der Waals surface area contributed by atoms with Gasteiger partial charge < -0.3 is 0 Å². The molecule has 0 aliphatic heterocycles. The summed E-state index contributed by atoms with van der Waals surface area (Å²) in [5.74, 6) is 5.43. The third-order valence-corrected chi connectivity index (χ3v) is 9.44. The van der Waals surface area contributed by atoms with Crippen molar-refractivity contribution in [3.05, 3.63) is 59.8 Å². The summed E-state index contributed by atoms with van der Waals surface area (Å²) in [6.07, 6.45) is 31.4. The fourth-order valence-corrected chi connectivity index (χ4v) is 6.69. The van der Waals surface area contributed by atoms with Gasteiger partial charge in [0.2, 0.25) is 0 Å². The van der Waals surface area contributed by atoms with Crippen LogP contribution in [0.1, 0.15) is 169 Å². The zero-order valence-corrected chi connectivity index (χ0v) is 32.0. The lowest BCUT2D eigenvalue weighted by molar-refractivity contribution is 0.256. The Bertz CT molecular complexity index is 859. The molecule has 44 heavy (non-hydrogen) atoms. The molecule has 0 saturated heterocycles. The molecule has 3 rings (SSSR count). The number of hydrogen-bond donors (Lipinski definition) is 0. The van der Waals surface area contributed by atoms with E-state index in [1.54, 1.807) is 5.57 Å². The Kier molecular flexibility index (Phi) is 23.5. The summed E-state index contributed by atoms with van der Waals surface area (Å²) in [6, 6.07) is 0. The normalized spacial score (nSPS) is 25.7. The monoisotopic (exact) mass is 611 g/mol. The summed E-state index contributed by atoms with van der Waals surface area (Å²) >= 11 is 0. The molecule has 0 radical (unpaired) electrons. The number of rotatable bonds is 7. The van der Waals surface area contributed by atoms with Gasteiger partial charge in [0.15, 0.2) is 0 Å². The van der Waals surface area contributed by atoms with Crippen molar-refractivity contribution in [2.45, 2.75) is 169 Å². The molecule has 0 bridgehead atoms. The van der Waals surface area contributed by atoms with Crippen LogP contribution in [-0.4, -0.2) is 0 Å². The van der Waals surface area contributed by atoms with E-state index in [4.69, 9.17) is 0 Å². The van der Waals surface area contributed by atoms with E-state index in [-0.39, 0.29) is 12.8 Å². The summed E-state index contributed by atoms with van der Waals surface area (Å²) in [7, 11) is 0. The van der Waals surface area contributed by atoms with E-state index in [2.05, 4.69) is 139 Å². The van der Waals surface area contributed by atoms with Crippen LogP contribution in [-0.2, 0) is 0 Å². The minimum absolute atomic E-state index is 0. The second kappa shape index (κ2) is 23.1. The summed E-state index contributed by atoms with van der Waals surface area (Å²) < 4.78 is 0. The van der Waals surface area contributed by atoms with Crippen LogP contribution < -0.4 is 0 Å². The molecule has 0 N–H and O–H groups in total. The van der Waals surface area contributed by atoms with Gasteiger partial charge in [-0.3, -0.25) is 0 Å². The molecule has 0 heteroatoms. The lowest BCUT2D eigenvalue weighted by Gasteiger charge is -2.32. The molecule has 0 aromatic heterocycles. The van der Waals surface area contributed by atoms with E-state index in [0.29, 0.717) is 17.3 Å². The molecule has 0 saturated carbocycles. The lowest BCUT2D eigenvalue weighted by atomic mass is 9.73. The quantitative estimate of drug-likeness (QED) is 0.252. The van der Waals surface area contributed by atoms with Gasteiger partial charge in [0.25, 0.3) is 0 Å². The molecule has 0 heterocycles. The first-order valence-corrected chi connectivity index (χ1v) is 18.5. The van der Waals surface area contributed by atoms with E-state index >= 15 is 0 Å². The highest BCUT2D eigenvalue weighted by molar-refractivity contribution is 5.29. The Balaban J connectivity index is 0. The average molecular weight is 611 g/mol. The van der Waals surface area contributed by atoms with Crippen molar-refractivity contribution < 1.29 is 0 Å². The SMILES string of the molecule is C.CC.CC1C=CC(C(C)(C)C)CC1.CCC.CCC(/C=C\CC1C(C)=CCCC1CC(C)C)C1C=CC(C(C)(C)C)=CC1. The minimum Gasteiger partial charge on any atom is -0.0876 e. The standard InChI is InChI=1S/C27H44.C11H20.C3H8.C2H6.CH4/c1-8-22(23-15-17-25(18-16-23)27(5,6)7)12-10-14-26-21(4)11-9-13-24(26)19-20(2)3;1-9-5-7-10(8-6-9)11(2,3)4;1-3-2;1-2;/h10-12,15,17-18,20,22-24,26H,8-9,13-14,16,19H2,1-7H3;5,7,9-10H,6,8H2,1-4H3;3H2,1-2H3;1-2H3;1H4/b12-10-;;;;. The Hall–Kier alpha value is -1.30. The third kappa shape index (κ3) is 17.4. The van der Waals surface area contributed by atoms with Crippen molar-refractivity contribution in [3.63, 3.8) is 0 Å². The largest absolute Gasteiger partial charge is 0.0876 e. The first kappa shape index (κ1) is 44.8. The van der Waals surface area contributed by atoms with Crippen LogP contribution >= 0.6 is 0 Å². The van der Waals surface area contributed by atoms with Crippen molar-refractivity contribution in [2.24, 2.45) is 52.3 Å². The predicted molar refractivity (Wildman–Crippen MR) is 206 cm³/mol. The highest BCUT2D eigenvalue weighted by Gasteiger charge is 2.26. The molecule has 0 aromatic rings. The third-order valence-electron chi connectivity index (χ3n) is 9.44. The topological polar surface area (TPSA) is 0 Å². The maximum atomic E-state index is 2.54. The molecular formula is C44H82. The molecule has 258 valence electrons. The van der Waals surface area contributed by atoms with E-state index in [9.17, 15) is 0 Å². The first-order chi connectivity index (χ1) is 20.1. The van der Waals surface area contributed by atoms with E-state index in [1.165, 1.54) is 63.4 Å². The van der Waals surface area contributed by atoms with Gasteiger partial charge >= 0.3 is 0 Å². The molecule has 0 aromatic carbocycles. The molecule has 0 nitrogen and oxygen atoms in total. The summed E-state index contributed by atoms with van der Waals surface area (Å²) in [6.45, 7) is 34.0. The van der Waals surface area contributed by atoms with Crippen LogP contribution in [0.2, 0.25) is 0 Å². The summed E-state index contributed by atoms with van der Waals surface area (Å²) in [5.41, 5.74) is 3.88. The fraction of sp³-hybridized carbons (Fsp3) is 0.773. The highest BCUT2D eigenvalue weighted by atomic mass is 14.3. The summed E-state index contributed by atoms with van der Waals surface area (Å²) in [5, 5.41) is 0. The Morgan fingerprint density at radius 1 is 0.886 bits per heavy atom. The molecule has 6 atom stereocenters. The van der Waals surface area contributed by atoms with Crippen LogP contribution in [0, 0.1) is 52.3 Å². The van der Waals surface area contributed by atoms with Gasteiger partial charge in [-0.1, -0.05) is 165 Å². The molecule has 0 spiro atoms. The van der Waals surface area contributed by atoms with Gasteiger partial charge in [0.1, 0.15) is 0 Å². The zero-order chi connectivity index (χ0) is 33.2. The molecule has 6 unspecified atom stereocenters. The van der Waals surface area contributed by atoms with Gasteiger partial charge in [-0.2, -0.15) is 0 Å². The highest BCUT2D eigenvalue weighted by Crippen LogP contribution is 2.38. The molecule has 3 aliphatic rings. The lowest BCUT2D eigenvalue weighted by Crippen LogP contribution is -2.21. The number of allylic oxidation sites excluding steroid dienone is 10. The Labute approximate surface area is 280 Å². The van der Waals surface area contributed by atoms with Crippen LogP contribution in [0.15, 0.2) is 59.8 Å². The van der Waals surface area contributed by atoms with Crippen LogP contribution in [0.5, 0.6) is 0 Å². The van der Waals surface area contributed by atoms with Crippen molar-refractivity contribution in [1.82, 2.24) is 0 Å². The van der Waals surface area contributed by atoms with Crippen molar-refractivity contribution in [1.29, 1.82) is 0 Å². The van der Waals surface area contributed by atoms with Gasteiger partial charge in [-0.25, -0.2) is 0 Å². The first-order valence-electron chi connectivity index (χ1n) is 18.5. The van der Waals surface area contributed by atoms with E-state index < -0.39 is 0 Å². The molecule has 0 fully saturated rings. The van der Waals surface area contributed by atoms with Crippen LogP contribution in [0.4, 0.5) is 0 Å². The van der Waals surface area contributed by atoms with E-state index in [0.717, 1.165) is 29.6 Å². The van der Waals surface area contributed by atoms with Gasteiger partial charge in [-0.15, -0.1) is 0 Å². The predicted octanol–water partition coefficient (Wildman–Crippen LogP) is 15.2. The maximum Gasteiger partial charge on any atom is -0.0133 e. The fourth-order valence-electron chi connectivity index (χ4n) is 6.69. The minimum atomic E-state index is 0. The zero-order valence-electron chi connectivity index (χ0n) is 32.0. The van der Waals surface area contributed by atoms with Crippen LogP contribution in [0.25, 0.3) is 0 Å². The van der Waals surface area contributed by atoms with E-state index in [1.807, 2.05) is 13.8 Å². The van der Waals surface area contributed by atoms with Gasteiger partial charge in [0.05, 0.1) is 0 Å². The molecule has 0 amide bonds. The second-order valence-electron chi connectivity index (χ2n) is 16.0. The Morgan fingerprint density at radius 2 is 1.50 bits per heavy atom. The average Bonchev–Trinajstić information content (AvgIpc) is 2.93. The Morgan fingerprint density at radius 3 is 1.93 bits per heavy atom. The molecule has 3 aliphatic carbocycles.